The normalized spacial score (nSPS) is 11.5. The fraction of sp³-hybridized carbons (Fsp3) is 0.348. The third-order valence-corrected chi connectivity index (χ3v) is 4.23. The van der Waals surface area contributed by atoms with Crippen LogP contribution in [0.15, 0.2) is 49.2 Å². The molecule has 0 atom stereocenters. The second-order valence-corrected chi connectivity index (χ2v) is 7.74. The number of pyridine rings is 1. The average Bonchev–Trinajstić information content (AvgIpc) is 3.13. The van der Waals surface area contributed by atoms with E-state index in [0.717, 1.165) is 10.9 Å². The second kappa shape index (κ2) is 9.09. The molecule has 2 heterocycles. The smallest absolute Gasteiger partial charge is 0.420 e. The van der Waals surface area contributed by atoms with Crippen LogP contribution in [0, 0.1) is 0 Å². The number of carbonyl (C=O) groups excluding carboxylic acids is 1. The summed E-state index contributed by atoms with van der Waals surface area (Å²) < 4.78 is 17.9. The van der Waals surface area contributed by atoms with Gasteiger partial charge in [-0.05, 0) is 32.9 Å². The van der Waals surface area contributed by atoms with Crippen LogP contribution in [0.25, 0.3) is 22.2 Å². The van der Waals surface area contributed by atoms with Gasteiger partial charge in [-0.15, -0.1) is 6.58 Å². The van der Waals surface area contributed by atoms with Crippen LogP contribution < -0.4 is 4.74 Å². The van der Waals surface area contributed by atoms with E-state index in [1.807, 2.05) is 51.1 Å². The average molecular weight is 409 g/mol. The quantitative estimate of drug-likeness (QED) is 0.418. The lowest BCUT2D eigenvalue weighted by molar-refractivity contribution is 0.0529. The van der Waals surface area contributed by atoms with Gasteiger partial charge < -0.3 is 14.2 Å². The van der Waals surface area contributed by atoms with Gasteiger partial charge in [0.1, 0.15) is 11.4 Å². The number of rotatable bonds is 7. The van der Waals surface area contributed by atoms with E-state index < -0.39 is 11.7 Å². The molecule has 0 radical (unpaired) electrons. The van der Waals surface area contributed by atoms with E-state index >= 15 is 0 Å². The van der Waals surface area contributed by atoms with E-state index in [-0.39, 0.29) is 0 Å². The number of aromatic nitrogens is 3. The molecule has 1 aromatic carbocycles. The van der Waals surface area contributed by atoms with Gasteiger partial charge in [-0.1, -0.05) is 24.3 Å². The lowest BCUT2D eigenvalue weighted by Crippen LogP contribution is -2.28. The molecule has 158 valence electrons. The fourth-order valence-electron chi connectivity index (χ4n) is 2.96. The van der Waals surface area contributed by atoms with Crippen LogP contribution in [0.1, 0.15) is 26.6 Å². The Morgan fingerprint density at radius 2 is 2.00 bits per heavy atom. The lowest BCUT2D eigenvalue weighted by Gasteiger charge is -2.20. The summed E-state index contributed by atoms with van der Waals surface area (Å²) in [5, 5.41) is 0.955. The van der Waals surface area contributed by atoms with Crippen molar-refractivity contribution in [3.05, 3.63) is 55.0 Å². The van der Waals surface area contributed by atoms with Crippen molar-refractivity contribution < 1.29 is 19.0 Å². The van der Waals surface area contributed by atoms with Crippen LogP contribution >= 0.6 is 0 Å². The minimum atomic E-state index is -0.625. The summed E-state index contributed by atoms with van der Waals surface area (Å²) in [7, 11) is 1.56. The van der Waals surface area contributed by atoms with Crippen LogP contribution in [0.4, 0.5) is 4.79 Å². The minimum absolute atomic E-state index is 0.401. The van der Waals surface area contributed by atoms with E-state index in [1.54, 1.807) is 19.4 Å². The third kappa shape index (κ3) is 5.04. The maximum absolute atomic E-state index is 12.8. The molecule has 0 amide bonds. The maximum atomic E-state index is 12.8. The number of ether oxygens (including phenoxy) is 3. The zero-order valence-corrected chi connectivity index (χ0v) is 17.8. The van der Waals surface area contributed by atoms with Crippen molar-refractivity contribution in [1.29, 1.82) is 0 Å². The van der Waals surface area contributed by atoms with E-state index in [9.17, 15) is 4.79 Å². The molecule has 0 N–H and O–H groups in total. The Kier molecular flexibility index (Phi) is 6.52. The molecule has 0 fully saturated rings. The topological polar surface area (TPSA) is 75.5 Å². The van der Waals surface area contributed by atoms with Crippen LogP contribution in [0.2, 0.25) is 0 Å². The number of methoxy groups -OCH3 is 1. The van der Waals surface area contributed by atoms with Gasteiger partial charge >= 0.3 is 6.09 Å². The summed E-state index contributed by atoms with van der Waals surface area (Å²) in [6.07, 6.45) is 3.28. The highest BCUT2D eigenvalue weighted by molar-refractivity contribution is 5.86. The standard InChI is InChI=1S/C23H27N3O4/c1-6-12-29-13-11-20-24-19(15-26(20)22(27)30-23(2,3)4)17-14-16-9-7-8-10-18(16)25-21(17)28-5/h6-10,14-15H,1,11-13H2,2-5H3. The number of hydrogen-bond donors (Lipinski definition) is 0. The van der Waals surface area contributed by atoms with Crippen LogP contribution in [0.5, 0.6) is 5.88 Å². The fourth-order valence-corrected chi connectivity index (χ4v) is 2.96. The van der Waals surface area contributed by atoms with Gasteiger partial charge in [0.05, 0.1) is 37.1 Å². The zero-order chi connectivity index (χ0) is 21.7. The summed E-state index contributed by atoms with van der Waals surface area (Å²) >= 11 is 0. The highest BCUT2D eigenvalue weighted by atomic mass is 16.6. The van der Waals surface area contributed by atoms with Crippen LogP contribution in [0.3, 0.4) is 0 Å². The van der Waals surface area contributed by atoms with Gasteiger partial charge in [-0.3, -0.25) is 0 Å². The molecule has 0 aliphatic carbocycles. The van der Waals surface area contributed by atoms with Crippen molar-refractivity contribution in [2.45, 2.75) is 32.8 Å². The summed E-state index contributed by atoms with van der Waals surface area (Å²) in [6, 6.07) is 9.72. The molecule has 30 heavy (non-hydrogen) atoms. The van der Waals surface area contributed by atoms with Crippen molar-refractivity contribution >= 4 is 17.0 Å². The predicted octanol–water partition coefficient (Wildman–Crippen LogP) is 4.64. The first-order valence-corrected chi connectivity index (χ1v) is 9.77. The molecule has 7 heteroatoms. The van der Waals surface area contributed by atoms with Gasteiger partial charge in [0.15, 0.2) is 0 Å². The molecule has 0 aliphatic rings. The van der Waals surface area contributed by atoms with Crippen molar-refractivity contribution in [3.63, 3.8) is 0 Å². The Morgan fingerprint density at radius 3 is 2.70 bits per heavy atom. The summed E-state index contributed by atoms with van der Waals surface area (Å²) in [5.41, 5.74) is 1.48. The van der Waals surface area contributed by atoms with Gasteiger partial charge in [0.25, 0.3) is 0 Å². The van der Waals surface area contributed by atoms with E-state index in [2.05, 4.69) is 16.5 Å². The Hall–Kier alpha value is -3.19. The highest BCUT2D eigenvalue weighted by Gasteiger charge is 2.23. The molecule has 0 bridgehead atoms. The first-order chi connectivity index (χ1) is 14.3. The Labute approximate surface area is 176 Å². The molecule has 0 spiro atoms. The summed E-state index contributed by atoms with van der Waals surface area (Å²) in [5.74, 6) is 0.982. The Morgan fingerprint density at radius 1 is 1.23 bits per heavy atom. The molecule has 3 rings (SSSR count). The summed E-state index contributed by atoms with van der Waals surface area (Å²) in [6.45, 7) is 9.95. The Bertz CT molecular complexity index is 1050. The van der Waals surface area contributed by atoms with Crippen LogP contribution in [-0.4, -0.2) is 46.6 Å². The number of hydrogen-bond acceptors (Lipinski definition) is 6. The van der Waals surface area contributed by atoms with Gasteiger partial charge in [0, 0.05) is 18.0 Å². The van der Waals surface area contributed by atoms with Crippen LogP contribution in [-0.2, 0) is 15.9 Å². The molecule has 2 aromatic heterocycles. The lowest BCUT2D eigenvalue weighted by atomic mass is 10.1. The number of carbonyl (C=O) groups is 1. The maximum Gasteiger partial charge on any atom is 0.420 e. The minimum Gasteiger partial charge on any atom is -0.480 e. The van der Waals surface area contributed by atoms with E-state index in [4.69, 9.17) is 14.2 Å². The number of fused-ring (bicyclic) bond motifs is 1. The second-order valence-electron chi connectivity index (χ2n) is 7.74. The number of imidazole rings is 1. The summed E-state index contributed by atoms with van der Waals surface area (Å²) in [4.78, 5) is 22.0. The highest BCUT2D eigenvalue weighted by Crippen LogP contribution is 2.31. The molecule has 3 aromatic rings. The van der Waals surface area contributed by atoms with E-state index in [1.165, 1.54) is 4.57 Å². The first kappa shape index (κ1) is 21.5. The van der Waals surface area contributed by atoms with Gasteiger partial charge in [0.2, 0.25) is 5.88 Å². The van der Waals surface area contributed by atoms with Crippen molar-refractivity contribution in [3.8, 4) is 17.1 Å². The molecular weight excluding hydrogens is 382 g/mol. The molecule has 7 nitrogen and oxygen atoms in total. The predicted molar refractivity (Wildman–Crippen MR) is 116 cm³/mol. The molecule has 0 saturated carbocycles. The monoisotopic (exact) mass is 409 g/mol. The number of nitrogens with zero attached hydrogens (tertiary/aromatic N) is 3. The molecule has 0 saturated heterocycles. The molecule has 0 unspecified atom stereocenters. The van der Waals surface area contributed by atoms with Gasteiger partial charge in [-0.25, -0.2) is 19.3 Å². The SMILES string of the molecule is C=CCOCCc1nc(-c2cc3ccccc3nc2OC)cn1C(=O)OC(C)(C)C. The zero-order valence-electron chi connectivity index (χ0n) is 17.8. The van der Waals surface area contributed by atoms with Crippen molar-refractivity contribution in [2.75, 3.05) is 20.3 Å². The number of para-hydroxylation sites is 1. The first-order valence-electron chi connectivity index (χ1n) is 9.77. The Balaban J connectivity index is 2.03. The van der Waals surface area contributed by atoms with Gasteiger partial charge in [-0.2, -0.15) is 0 Å². The largest absolute Gasteiger partial charge is 0.480 e. The van der Waals surface area contributed by atoms with E-state index in [0.29, 0.717) is 42.6 Å². The van der Waals surface area contributed by atoms with Crippen molar-refractivity contribution in [1.82, 2.24) is 14.5 Å². The number of benzene rings is 1. The molecule has 0 aliphatic heterocycles. The van der Waals surface area contributed by atoms with Crippen molar-refractivity contribution in [2.24, 2.45) is 0 Å². The molecular formula is C23H27N3O4. The third-order valence-electron chi connectivity index (χ3n) is 4.23.